The Bertz CT molecular complexity index is 821. The summed E-state index contributed by atoms with van der Waals surface area (Å²) in [7, 11) is -3.42. The predicted octanol–water partition coefficient (Wildman–Crippen LogP) is 2.97. The average Bonchev–Trinajstić information content (AvgIpc) is 3.13. The molecule has 1 aromatic heterocycles. The molecule has 3 rings (SSSR count). The summed E-state index contributed by atoms with van der Waals surface area (Å²) in [5.74, 6) is 0. The molecule has 5 nitrogen and oxygen atoms in total. The monoisotopic (exact) mass is 381 g/mol. The highest BCUT2D eigenvalue weighted by atomic mass is 35.5. The van der Waals surface area contributed by atoms with E-state index in [9.17, 15) is 13.7 Å². The highest BCUT2D eigenvalue weighted by Crippen LogP contribution is 2.26. The molecule has 1 fully saturated rings. The van der Waals surface area contributed by atoms with E-state index in [1.165, 1.54) is 15.6 Å². The summed E-state index contributed by atoms with van der Waals surface area (Å²) in [6, 6.07) is 12.5. The summed E-state index contributed by atoms with van der Waals surface area (Å²) in [6.45, 7) is 1.80. The topological polar surface area (TPSA) is 64.4 Å². The smallest absolute Gasteiger partial charge is 0.252 e. The number of halogens is 1. The van der Waals surface area contributed by atoms with Gasteiger partial charge in [-0.05, 0) is 29.1 Å². The molecule has 0 N–H and O–H groups in total. The van der Waals surface area contributed by atoms with E-state index in [4.69, 9.17) is 11.6 Å². The molecular formula is C16H16ClN3O2S2. The van der Waals surface area contributed by atoms with Crippen LogP contribution in [0.3, 0.4) is 0 Å². The molecule has 1 aliphatic rings. The highest BCUT2D eigenvalue weighted by Gasteiger charge is 2.32. The van der Waals surface area contributed by atoms with E-state index in [1.54, 1.807) is 29.6 Å². The summed E-state index contributed by atoms with van der Waals surface area (Å²) in [4.78, 5) is 2.00. The number of hydrogen-bond donors (Lipinski definition) is 0. The van der Waals surface area contributed by atoms with Gasteiger partial charge in [0.05, 0.1) is 6.07 Å². The van der Waals surface area contributed by atoms with E-state index >= 15 is 0 Å². The van der Waals surface area contributed by atoms with Crippen LogP contribution in [0.25, 0.3) is 0 Å². The van der Waals surface area contributed by atoms with Gasteiger partial charge in [-0.15, -0.1) is 11.3 Å². The molecule has 2 aromatic rings. The Labute approximate surface area is 150 Å². The first-order chi connectivity index (χ1) is 11.5. The minimum Gasteiger partial charge on any atom is -0.282 e. The molecule has 2 heterocycles. The standard InChI is InChI=1S/C16H16ClN3O2S2/c17-14-5-3-13(4-6-14)15(12-18)19-7-9-20(10-8-19)24(21,22)16-2-1-11-23-16/h1-6,11,15H,7-10H2. The van der Waals surface area contributed by atoms with Crippen LogP contribution in [0.1, 0.15) is 11.6 Å². The fourth-order valence-corrected chi connectivity index (χ4v) is 5.44. The Balaban J connectivity index is 1.70. The van der Waals surface area contributed by atoms with Gasteiger partial charge in [0.1, 0.15) is 10.3 Å². The first-order valence-electron chi connectivity index (χ1n) is 7.45. The van der Waals surface area contributed by atoms with E-state index in [-0.39, 0.29) is 0 Å². The van der Waals surface area contributed by atoms with Gasteiger partial charge in [-0.1, -0.05) is 29.8 Å². The molecule has 1 saturated heterocycles. The fourth-order valence-electron chi connectivity index (χ4n) is 2.75. The lowest BCUT2D eigenvalue weighted by Gasteiger charge is -2.36. The van der Waals surface area contributed by atoms with Crippen LogP contribution in [0.4, 0.5) is 0 Å². The fraction of sp³-hybridized carbons (Fsp3) is 0.312. The number of nitriles is 1. The van der Waals surface area contributed by atoms with Crippen molar-refractivity contribution in [2.45, 2.75) is 10.3 Å². The van der Waals surface area contributed by atoms with Gasteiger partial charge in [-0.3, -0.25) is 4.90 Å². The molecular weight excluding hydrogens is 366 g/mol. The van der Waals surface area contributed by atoms with Crippen LogP contribution in [0.15, 0.2) is 46.0 Å². The third-order valence-electron chi connectivity index (χ3n) is 4.04. The Hall–Kier alpha value is -1.43. The first kappa shape index (κ1) is 17.4. The van der Waals surface area contributed by atoms with E-state index in [0.29, 0.717) is 35.4 Å². The van der Waals surface area contributed by atoms with Crippen LogP contribution < -0.4 is 0 Å². The Kier molecular flexibility index (Phi) is 5.23. The van der Waals surface area contributed by atoms with Crippen molar-refractivity contribution in [3.63, 3.8) is 0 Å². The van der Waals surface area contributed by atoms with Crippen LogP contribution in [0.5, 0.6) is 0 Å². The van der Waals surface area contributed by atoms with Gasteiger partial charge in [0.15, 0.2) is 0 Å². The summed E-state index contributed by atoms with van der Waals surface area (Å²) in [6.07, 6.45) is 0. The normalized spacial score (nSPS) is 18.2. The predicted molar refractivity (Wildman–Crippen MR) is 94.5 cm³/mol. The van der Waals surface area contributed by atoms with Gasteiger partial charge in [-0.2, -0.15) is 9.57 Å². The van der Waals surface area contributed by atoms with Crippen molar-refractivity contribution in [3.8, 4) is 6.07 Å². The zero-order valence-corrected chi connectivity index (χ0v) is 15.2. The Morgan fingerprint density at radius 1 is 1.12 bits per heavy atom. The molecule has 1 unspecified atom stereocenters. The van der Waals surface area contributed by atoms with Crippen molar-refractivity contribution in [1.29, 1.82) is 5.26 Å². The zero-order chi connectivity index (χ0) is 17.2. The quantitative estimate of drug-likeness (QED) is 0.816. The highest BCUT2D eigenvalue weighted by molar-refractivity contribution is 7.91. The van der Waals surface area contributed by atoms with Crippen LogP contribution in [0.2, 0.25) is 5.02 Å². The number of benzene rings is 1. The molecule has 0 radical (unpaired) electrons. The summed E-state index contributed by atoms with van der Waals surface area (Å²) < 4.78 is 26.9. The first-order valence-corrected chi connectivity index (χ1v) is 10.1. The third kappa shape index (κ3) is 3.48. The number of thiophene rings is 1. The van der Waals surface area contributed by atoms with Crippen molar-refractivity contribution in [1.82, 2.24) is 9.21 Å². The maximum atomic E-state index is 12.5. The summed E-state index contributed by atoms with van der Waals surface area (Å²) >= 11 is 7.12. The van der Waals surface area contributed by atoms with Gasteiger partial charge in [-0.25, -0.2) is 8.42 Å². The number of nitrogens with zero attached hydrogens (tertiary/aromatic N) is 3. The van der Waals surface area contributed by atoms with Crippen molar-refractivity contribution >= 4 is 33.0 Å². The van der Waals surface area contributed by atoms with Crippen molar-refractivity contribution < 1.29 is 8.42 Å². The lowest BCUT2D eigenvalue weighted by atomic mass is 10.1. The molecule has 8 heteroatoms. The number of sulfonamides is 1. The van der Waals surface area contributed by atoms with Gasteiger partial charge in [0.25, 0.3) is 10.0 Å². The van der Waals surface area contributed by atoms with Crippen molar-refractivity contribution in [3.05, 3.63) is 52.4 Å². The second-order valence-corrected chi connectivity index (χ2v) is 9.00. The van der Waals surface area contributed by atoms with Crippen molar-refractivity contribution in [2.75, 3.05) is 26.2 Å². The molecule has 126 valence electrons. The summed E-state index contributed by atoms with van der Waals surface area (Å²) in [5.41, 5.74) is 0.872. The van der Waals surface area contributed by atoms with Gasteiger partial charge >= 0.3 is 0 Å². The minimum absolute atomic E-state index is 0.366. The van der Waals surface area contributed by atoms with E-state index in [1.807, 2.05) is 17.0 Å². The Morgan fingerprint density at radius 2 is 1.79 bits per heavy atom. The van der Waals surface area contributed by atoms with Gasteiger partial charge < -0.3 is 0 Å². The molecule has 0 amide bonds. The second kappa shape index (κ2) is 7.21. The number of hydrogen-bond acceptors (Lipinski definition) is 5. The van der Waals surface area contributed by atoms with Crippen molar-refractivity contribution in [2.24, 2.45) is 0 Å². The van der Waals surface area contributed by atoms with E-state index in [2.05, 4.69) is 6.07 Å². The molecule has 0 saturated carbocycles. The van der Waals surface area contributed by atoms with Gasteiger partial charge in [0.2, 0.25) is 0 Å². The summed E-state index contributed by atoms with van der Waals surface area (Å²) in [5, 5.41) is 11.9. The van der Waals surface area contributed by atoms with Gasteiger partial charge in [0, 0.05) is 31.2 Å². The molecule has 0 bridgehead atoms. The molecule has 1 aliphatic heterocycles. The molecule has 1 atom stereocenters. The number of piperazine rings is 1. The van der Waals surface area contributed by atoms with Crippen LogP contribution in [-0.2, 0) is 10.0 Å². The third-order valence-corrected chi connectivity index (χ3v) is 7.56. The largest absolute Gasteiger partial charge is 0.282 e. The van der Waals surface area contributed by atoms with Crippen LogP contribution in [-0.4, -0.2) is 43.8 Å². The maximum absolute atomic E-state index is 12.5. The molecule has 24 heavy (non-hydrogen) atoms. The zero-order valence-electron chi connectivity index (χ0n) is 12.8. The minimum atomic E-state index is -3.42. The molecule has 0 spiro atoms. The average molecular weight is 382 g/mol. The van der Waals surface area contributed by atoms with Crippen LogP contribution >= 0.6 is 22.9 Å². The molecule has 0 aliphatic carbocycles. The van der Waals surface area contributed by atoms with E-state index < -0.39 is 16.1 Å². The number of rotatable bonds is 4. The van der Waals surface area contributed by atoms with E-state index in [0.717, 1.165) is 5.56 Å². The lowest BCUT2D eigenvalue weighted by Crippen LogP contribution is -2.49. The Morgan fingerprint density at radius 3 is 2.33 bits per heavy atom. The maximum Gasteiger partial charge on any atom is 0.252 e. The lowest BCUT2D eigenvalue weighted by molar-refractivity contribution is 0.163. The van der Waals surface area contributed by atoms with Crippen LogP contribution in [0, 0.1) is 11.3 Å². The molecule has 1 aromatic carbocycles. The second-order valence-electron chi connectivity index (χ2n) is 5.46. The SMILES string of the molecule is N#CC(c1ccc(Cl)cc1)N1CCN(S(=O)(=O)c2cccs2)CC1.